The normalized spacial score (nSPS) is 11.4. The molecule has 0 amide bonds. The van der Waals surface area contributed by atoms with Crippen LogP contribution in [0.15, 0.2) is 30.5 Å². The Bertz CT molecular complexity index is 429. The van der Waals surface area contributed by atoms with Gasteiger partial charge < -0.3 is 4.57 Å². The molecule has 1 aromatic heterocycles. The molecule has 2 aromatic rings. The topological polar surface area (TPSA) is 4.93 Å². The number of aryl methyl sites for hydroxylation is 1. The van der Waals surface area contributed by atoms with Gasteiger partial charge in [0.15, 0.2) is 0 Å². The minimum Gasteiger partial charge on any atom is -0.350 e. The number of hydrogen-bond donors (Lipinski definition) is 0. The summed E-state index contributed by atoms with van der Waals surface area (Å²) in [6, 6.07) is 8.42. The fourth-order valence-corrected chi connectivity index (χ4v) is 1.93. The van der Waals surface area contributed by atoms with Crippen LogP contribution in [0.3, 0.4) is 0 Å². The number of rotatable bonds is 1. The number of para-hydroxylation sites is 1. The third-order valence-electron chi connectivity index (χ3n) is 2.27. The summed E-state index contributed by atoms with van der Waals surface area (Å²) in [4.78, 5) is 1.18. The van der Waals surface area contributed by atoms with Crippen LogP contribution in [0, 0.1) is 4.83 Å². The number of halogens is 1. The quantitative estimate of drug-likeness (QED) is 0.715. The largest absolute Gasteiger partial charge is 0.350 e. The molecular formula is C11H11BrN. The van der Waals surface area contributed by atoms with Crippen LogP contribution >= 0.6 is 15.9 Å². The van der Waals surface area contributed by atoms with Gasteiger partial charge in [-0.2, -0.15) is 0 Å². The maximum atomic E-state index is 3.52. The van der Waals surface area contributed by atoms with Crippen molar-refractivity contribution >= 4 is 26.8 Å². The van der Waals surface area contributed by atoms with Crippen molar-refractivity contribution in [1.29, 1.82) is 0 Å². The Kier molecular flexibility index (Phi) is 2.16. The molecule has 0 aliphatic rings. The molecule has 2 rings (SSSR count). The Balaban J connectivity index is 2.78. The van der Waals surface area contributed by atoms with E-state index < -0.39 is 0 Å². The highest BCUT2D eigenvalue weighted by molar-refractivity contribution is 9.11. The zero-order valence-corrected chi connectivity index (χ0v) is 9.30. The SMILES string of the molecule is C[C](Br)c1cn(C)c2ccccc12. The second-order valence-electron chi connectivity index (χ2n) is 3.20. The van der Waals surface area contributed by atoms with Crippen molar-refractivity contribution in [3.05, 3.63) is 40.9 Å². The van der Waals surface area contributed by atoms with Crippen molar-refractivity contribution in [3.63, 3.8) is 0 Å². The third-order valence-corrected chi connectivity index (χ3v) is 2.70. The molecule has 0 saturated heterocycles. The van der Waals surface area contributed by atoms with Crippen molar-refractivity contribution < 1.29 is 0 Å². The first kappa shape index (κ1) is 8.82. The van der Waals surface area contributed by atoms with Crippen molar-refractivity contribution in [2.75, 3.05) is 0 Å². The molecule has 0 N–H and O–H groups in total. The third kappa shape index (κ3) is 1.39. The van der Waals surface area contributed by atoms with E-state index in [0.717, 1.165) is 0 Å². The lowest BCUT2D eigenvalue weighted by Crippen LogP contribution is -1.82. The molecule has 2 heteroatoms. The molecule has 1 radical (unpaired) electrons. The minimum atomic E-state index is 1.18. The van der Waals surface area contributed by atoms with Gasteiger partial charge in [0, 0.05) is 24.1 Å². The van der Waals surface area contributed by atoms with Crippen molar-refractivity contribution in [2.24, 2.45) is 7.05 Å². The highest BCUT2D eigenvalue weighted by Crippen LogP contribution is 2.29. The van der Waals surface area contributed by atoms with Gasteiger partial charge in [0.05, 0.1) is 4.83 Å². The van der Waals surface area contributed by atoms with Crippen molar-refractivity contribution in [2.45, 2.75) is 6.92 Å². The smallest absolute Gasteiger partial charge is 0.0690 e. The molecule has 0 bridgehead atoms. The highest BCUT2D eigenvalue weighted by Gasteiger charge is 2.09. The summed E-state index contributed by atoms with van der Waals surface area (Å²) in [5.41, 5.74) is 2.55. The predicted molar refractivity (Wildman–Crippen MR) is 59.9 cm³/mol. The first-order valence-corrected chi connectivity index (χ1v) is 5.03. The van der Waals surface area contributed by atoms with E-state index in [1.54, 1.807) is 0 Å². The van der Waals surface area contributed by atoms with Crippen LogP contribution < -0.4 is 0 Å². The van der Waals surface area contributed by atoms with E-state index in [1.165, 1.54) is 21.3 Å². The summed E-state index contributed by atoms with van der Waals surface area (Å²) in [6.45, 7) is 2.07. The van der Waals surface area contributed by atoms with Gasteiger partial charge in [0.2, 0.25) is 0 Å². The van der Waals surface area contributed by atoms with Crippen LogP contribution in [0.4, 0.5) is 0 Å². The van der Waals surface area contributed by atoms with E-state index in [4.69, 9.17) is 0 Å². The zero-order valence-electron chi connectivity index (χ0n) is 7.71. The Morgan fingerprint density at radius 2 is 2.00 bits per heavy atom. The van der Waals surface area contributed by atoms with Gasteiger partial charge >= 0.3 is 0 Å². The lowest BCUT2D eigenvalue weighted by molar-refractivity contribution is 0.964. The fourth-order valence-electron chi connectivity index (χ4n) is 1.62. The number of nitrogens with zero attached hydrogens (tertiary/aromatic N) is 1. The number of fused-ring (bicyclic) bond motifs is 1. The van der Waals surface area contributed by atoms with Crippen molar-refractivity contribution in [1.82, 2.24) is 4.57 Å². The van der Waals surface area contributed by atoms with Crippen LogP contribution in [-0.2, 0) is 7.05 Å². The second-order valence-corrected chi connectivity index (χ2v) is 4.39. The summed E-state index contributed by atoms with van der Waals surface area (Å²) in [6.07, 6.45) is 2.15. The lowest BCUT2D eigenvalue weighted by atomic mass is 10.1. The maximum Gasteiger partial charge on any atom is 0.0690 e. The van der Waals surface area contributed by atoms with Gasteiger partial charge in [-0.15, -0.1) is 0 Å². The molecule has 13 heavy (non-hydrogen) atoms. The monoisotopic (exact) mass is 236 g/mol. The molecule has 0 fully saturated rings. The van der Waals surface area contributed by atoms with Gasteiger partial charge in [-0.1, -0.05) is 34.1 Å². The van der Waals surface area contributed by atoms with Gasteiger partial charge in [0.25, 0.3) is 0 Å². The first-order chi connectivity index (χ1) is 6.20. The van der Waals surface area contributed by atoms with Gasteiger partial charge in [0.1, 0.15) is 0 Å². The molecule has 0 aliphatic carbocycles. The van der Waals surface area contributed by atoms with Crippen LogP contribution in [0.1, 0.15) is 12.5 Å². The summed E-state index contributed by atoms with van der Waals surface area (Å²) >= 11 is 3.52. The Labute approximate surface area is 86.5 Å². The van der Waals surface area contributed by atoms with Crippen LogP contribution in [0.25, 0.3) is 10.9 Å². The zero-order chi connectivity index (χ0) is 9.42. The van der Waals surface area contributed by atoms with E-state index in [-0.39, 0.29) is 0 Å². The average Bonchev–Trinajstić information content (AvgIpc) is 2.45. The molecule has 0 aliphatic heterocycles. The van der Waals surface area contributed by atoms with E-state index >= 15 is 0 Å². The molecule has 1 nitrogen and oxygen atoms in total. The van der Waals surface area contributed by atoms with E-state index in [1.807, 2.05) is 0 Å². The molecule has 0 atom stereocenters. The van der Waals surface area contributed by atoms with Gasteiger partial charge in [-0.05, 0) is 18.6 Å². The second kappa shape index (κ2) is 3.18. The maximum absolute atomic E-state index is 3.52. The van der Waals surface area contributed by atoms with Gasteiger partial charge in [-0.3, -0.25) is 0 Å². The minimum absolute atomic E-state index is 1.18. The summed E-state index contributed by atoms with van der Waals surface area (Å²) in [5, 5.41) is 1.30. The molecular weight excluding hydrogens is 226 g/mol. The molecule has 67 valence electrons. The van der Waals surface area contributed by atoms with E-state index in [9.17, 15) is 0 Å². The molecule has 1 heterocycles. The predicted octanol–water partition coefficient (Wildman–Crippen LogP) is 3.47. The Morgan fingerprint density at radius 1 is 1.31 bits per heavy atom. The molecule has 1 aromatic carbocycles. The average molecular weight is 237 g/mol. The van der Waals surface area contributed by atoms with E-state index in [0.29, 0.717) is 0 Å². The van der Waals surface area contributed by atoms with Crippen molar-refractivity contribution in [3.8, 4) is 0 Å². The highest BCUT2D eigenvalue weighted by atomic mass is 79.9. The molecule has 0 spiro atoms. The van der Waals surface area contributed by atoms with E-state index in [2.05, 4.69) is 64.9 Å². The van der Waals surface area contributed by atoms with Crippen LogP contribution in [-0.4, -0.2) is 4.57 Å². The molecule has 0 unspecified atom stereocenters. The fraction of sp³-hybridized carbons (Fsp3) is 0.182. The molecule has 0 saturated carbocycles. The Morgan fingerprint density at radius 3 is 2.69 bits per heavy atom. The number of hydrogen-bond acceptors (Lipinski definition) is 0. The lowest BCUT2D eigenvalue weighted by Gasteiger charge is -1.98. The van der Waals surface area contributed by atoms with Gasteiger partial charge in [-0.25, -0.2) is 0 Å². The Hall–Kier alpha value is -0.760. The summed E-state index contributed by atoms with van der Waals surface area (Å²) in [7, 11) is 2.07. The number of aromatic nitrogens is 1. The van der Waals surface area contributed by atoms with Crippen LogP contribution in [0.2, 0.25) is 0 Å². The standard InChI is InChI=1S/C11H11BrN/c1-8(12)10-7-13(2)11-6-4-3-5-9(10)11/h3-7H,1-2H3. The number of benzene rings is 1. The summed E-state index contributed by atoms with van der Waals surface area (Å²) in [5.74, 6) is 0. The summed E-state index contributed by atoms with van der Waals surface area (Å²) < 4.78 is 2.15. The van der Waals surface area contributed by atoms with Crippen LogP contribution in [0.5, 0.6) is 0 Å². The first-order valence-electron chi connectivity index (χ1n) is 4.23.